The molecule has 196 valence electrons. The first kappa shape index (κ1) is 27.5. The number of methoxy groups -OCH3 is 1. The minimum Gasteiger partial charge on any atom is -0.490 e. The number of halogens is 1. The summed E-state index contributed by atoms with van der Waals surface area (Å²) >= 11 is 5.99. The molecular formula is C26H36ClN5O4. The van der Waals surface area contributed by atoms with Crippen LogP contribution in [0.4, 0.5) is 17.1 Å². The van der Waals surface area contributed by atoms with Crippen molar-refractivity contribution >= 4 is 34.6 Å². The highest BCUT2D eigenvalue weighted by Gasteiger charge is 2.25. The molecule has 10 heteroatoms. The number of hydrogen-bond acceptors (Lipinski definition) is 7. The van der Waals surface area contributed by atoms with E-state index in [4.69, 9.17) is 16.3 Å². The van der Waals surface area contributed by atoms with E-state index in [0.29, 0.717) is 19.5 Å². The van der Waals surface area contributed by atoms with Gasteiger partial charge in [0.15, 0.2) is 5.75 Å². The zero-order valence-corrected chi connectivity index (χ0v) is 20.7. The predicted octanol–water partition coefficient (Wildman–Crippen LogP) is 4.51. The normalized spacial score (nSPS) is 16.8. The lowest BCUT2D eigenvalue weighted by atomic mass is 10.0. The molecule has 36 heavy (non-hydrogen) atoms. The molecular weight excluding hydrogens is 482 g/mol. The van der Waals surface area contributed by atoms with Crippen LogP contribution in [0.15, 0.2) is 42.5 Å². The number of nitro benzene ring substituents is 1. The number of nitrogens with one attached hydrogen (secondary N) is 1. The summed E-state index contributed by atoms with van der Waals surface area (Å²) < 4.78 is 5.15. The number of benzene rings is 2. The second-order valence-electron chi connectivity index (χ2n) is 9.00. The van der Waals surface area contributed by atoms with Crippen molar-refractivity contribution < 1.29 is 14.5 Å². The second-order valence-corrected chi connectivity index (χ2v) is 9.43. The summed E-state index contributed by atoms with van der Waals surface area (Å²) in [5.74, 6) is 0.446. The Morgan fingerprint density at radius 2 is 1.75 bits per heavy atom. The summed E-state index contributed by atoms with van der Waals surface area (Å²) in [6.45, 7) is 5.99. The van der Waals surface area contributed by atoms with E-state index < -0.39 is 4.92 Å². The number of carbonyl (C=O) groups is 1. The molecule has 2 heterocycles. The second kappa shape index (κ2) is 12.8. The molecule has 0 aromatic heterocycles. The molecule has 0 saturated carbocycles. The van der Waals surface area contributed by atoms with Crippen LogP contribution in [0.25, 0.3) is 0 Å². The molecule has 4 rings (SSSR count). The van der Waals surface area contributed by atoms with Gasteiger partial charge in [-0.15, -0.1) is 0 Å². The number of piperidine rings is 1. The summed E-state index contributed by atoms with van der Waals surface area (Å²) in [7, 11) is 1.43. The molecule has 0 atom stereocenters. The van der Waals surface area contributed by atoms with Crippen molar-refractivity contribution in [3.05, 3.63) is 57.6 Å². The highest BCUT2D eigenvalue weighted by Crippen LogP contribution is 2.30. The van der Waals surface area contributed by atoms with Crippen LogP contribution in [0.5, 0.6) is 5.75 Å². The molecule has 2 aromatic carbocycles. The van der Waals surface area contributed by atoms with Gasteiger partial charge in [0, 0.05) is 86.8 Å². The maximum atomic E-state index is 12.8. The molecule has 0 unspecified atom stereocenters. The molecule has 1 amide bonds. The van der Waals surface area contributed by atoms with E-state index in [0.717, 1.165) is 56.3 Å². The molecule has 2 saturated heterocycles. The van der Waals surface area contributed by atoms with Crippen LogP contribution in [-0.4, -0.2) is 79.6 Å². The highest BCUT2D eigenvalue weighted by atomic mass is 35.5. The number of hydrogen-bond donors (Lipinski definition) is 1. The standard InChI is InChI=1S/C25H32ClN5O4.CH4/c1-35-24-18-21(4-7-23(24)31(33)34)27-20-8-12-30(13-9-20)25(32)10-11-28-14-16-29(17-15-28)22-5-2-19(26)3-6-22;/h2-7,18,20,27H,8-17H2,1H3;1H4. The summed E-state index contributed by atoms with van der Waals surface area (Å²) in [5.41, 5.74) is 1.92. The van der Waals surface area contributed by atoms with Gasteiger partial charge in [-0.1, -0.05) is 19.0 Å². The maximum Gasteiger partial charge on any atom is 0.311 e. The Labute approximate surface area is 218 Å². The molecule has 2 aromatic rings. The fraction of sp³-hybridized carbons (Fsp3) is 0.500. The maximum absolute atomic E-state index is 12.8. The van der Waals surface area contributed by atoms with E-state index in [-0.39, 0.29) is 30.8 Å². The third-order valence-electron chi connectivity index (χ3n) is 6.80. The number of amides is 1. The van der Waals surface area contributed by atoms with E-state index in [1.807, 2.05) is 17.0 Å². The summed E-state index contributed by atoms with van der Waals surface area (Å²) in [4.78, 5) is 30.1. The Bertz CT molecular complexity index is 1020. The van der Waals surface area contributed by atoms with Gasteiger partial charge in [-0.25, -0.2) is 0 Å². The van der Waals surface area contributed by atoms with E-state index >= 15 is 0 Å². The highest BCUT2D eigenvalue weighted by molar-refractivity contribution is 6.30. The van der Waals surface area contributed by atoms with Gasteiger partial charge in [0.25, 0.3) is 0 Å². The fourth-order valence-electron chi connectivity index (χ4n) is 4.72. The Hall–Kier alpha value is -3.04. The van der Waals surface area contributed by atoms with Crippen LogP contribution >= 0.6 is 11.6 Å². The van der Waals surface area contributed by atoms with E-state index in [9.17, 15) is 14.9 Å². The van der Waals surface area contributed by atoms with Gasteiger partial charge in [-0.05, 0) is 43.2 Å². The third kappa shape index (κ3) is 7.01. The van der Waals surface area contributed by atoms with E-state index in [1.165, 1.54) is 18.9 Å². The van der Waals surface area contributed by atoms with Gasteiger partial charge >= 0.3 is 5.69 Å². The topological polar surface area (TPSA) is 91.2 Å². The lowest BCUT2D eigenvalue weighted by molar-refractivity contribution is -0.385. The molecule has 2 fully saturated rings. The Morgan fingerprint density at radius 1 is 1.08 bits per heavy atom. The van der Waals surface area contributed by atoms with Crippen molar-refractivity contribution in [2.24, 2.45) is 0 Å². The number of carbonyl (C=O) groups excluding carboxylic acids is 1. The number of nitro groups is 1. The number of anilines is 2. The molecule has 0 radical (unpaired) electrons. The van der Waals surface area contributed by atoms with Crippen molar-refractivity contribution in [1.82, 2.24) is 9.80 Å². The van der Waals surface area contributed by atoms with E-state index in [2.05, 4.69) is 27.2 Å². The Balaban J connectivity index is 0.00000361. The van der Waals surface area contributed by atoms with Gasteiger partial charge in [0.1, 0.15) is 0 Å². The van der Waals surface area contributed by atoms with Crippen LogP contribution in [0.2, 0.25) is 5.02 Å². The molecule has 0 aliphatic carbocycles. The lowest BCUT2D eigenvalue weighted by Gasteiger charge is -2.37. The summed E-state index contributed by atoms with van der Waals surface area (Å²) in [5, 5.41) is 15.3. The SMILES string of the molecule is C.COc1cc(NC2CCN(C(=O)CCN3CCN(c4ccc(Cl)cc4)CC3)CC2)ccc1[N+](=O)[O-]. The molecule has 0 spiro atoms. The van der Waals surface area contributed by atoms with Crippen molar-refractivity contribution in [3.8, 4) is 5.75 Å². The number of ether oxygens (including phenoxy) is 1. The first-order chi connectivity index (χ1) is 16.9. The number of rotatable bonds is 8. The van der Waals surface area contributed by atoms with Crippen LogP contribution < -0.4 is 15.0 Å². The first-order valence-electron chi connectivity index (χ1n) is 12.0. The van der Waals surface area contributed by atoms with E-state index in [1.54, 1.807) is 12.1 Å². The molecule has 9 nitrogen and oxygen atoms in total. The van der Waals surface area contributed by atoms with Crippen LogP contribution in [0, 0.1) is 10.1 Å². The lowest BCUT2D eigenvalue weighted by Crippen LogP contribution is -2.48. The first-order valence-corrected chi connectivity index (χ1v) is 12.4. The van der Waals surface area contributed by atoms with Crippen molar-refractivity contribution in [1.29, 1.82) is 0 Å². The van der Waals surface area contributed by atoms with Gasteiger partial charge in [-0.3, -0.25) is 19.8 Å². The van der Waals surface area contributed by atoms with Gasteiger partial charge in [0.05, 0.1) is 12.0 Å². The van der Waals surface area contributed by atoms with Crippen molar-refractivity contribution in [3.63, 3.8) is 0 Å². The minimum absolute atomic E-state index is 0. The number of nitrogens with zero attached hydrogens (tertiary/aromatic N) is 4. The molecule has 2 aliphatic rings. The monoisotopic (exact) mass is 517 g/mol. The zero-order valence-electron chi connectivity index (χ0n) is 20.0. The summed E-state index contributed by atoms with van der Waals surface area (Å²) in [6, 6.07) is 13.0. The average molecular weight is 518 g/mol. The van der Waals surface area contributed by atoms with Gasteiger partial charge in [-0.2, -0.15) is 0 Å². The molecule has 2 aliphatic heterocycles. The predicted molar refractivity (Wildman–Crippen MR) is 144 cm³/mol. The quantitative estimate of drug-likeness (QED) is 0.407. The largest absolute Gasteiger partial charge is 0.490 e. The van der Waals surface area contributed by atoms with Crippen LogP contribution in [-0.2, 0) is 4.79 Å². The molecule has 0 bridgehead atoms. The smallest absolute Gasteiger partial charge is 0.311 e. The van der Waals surface area contributed by atoms with Crippen molar-refractivity contribution in [2.75, 3.05) is 63.1 Å². The number of piperazine rings is 1. The van der Waals surface area contributed by atoms with Crippen molar-refractivity contribution in [2.45, 2.75) is 32.7 Å². The van der Waals surface area contributed by atoms with Gasteiger partial charge < -0.3 is 19.9 Å². The average Bonchev–Trinajstić information content (AvgIpc) is 2.88. The van der Waals surface area contributed by atoms with Crippen LogP contribution in [0.1, 0.15) is 26.7 Å². The van der Waals surface area contributed by atoms with Gasteiger partial charge in [0.2, 0.25) is 5.91 Å². The van der Waals surface area contributed by atoms with Crippen LogP contribution in [0.3, 0.4) is 0 Å². The summed E-state index contributed by atoms with van der Waals surface area (Å²) in [6.07, 6.45) is 2.22. The third-order valence-corrected chi connectivity index (χ3v) is 7.05. The molecule has 1 N–H and O–H groups in total. The number of likely N-dealkylation sites (tertiary alicyclic amines) is 1. The fourth-order valence-corrected chi connectivity index (χ4v) is 4.85. The minimum atomic E-state index is -0.452. The zero-order chi connectivity index (χ0) is 24.8. The Morgan fingerprint density at radius 3 is 2.36 bits per heavy atom. The Kier molecular flexibility index (Phi) is 9.78.